The van der Waals surface area contributed by atoms with Gasteiger partial charge in [-0.2, -0.15) is 0 Å². The molecule has 104 valence electrons. The molecule has 1 aromatic heterocycles. The Kier molecular flexibility index (Phi) is 4.58. The first-order valence-corrected chi connectivity index (χ1v) is 7.00. The Hall–Kier alpha value is -1.36. The second-order valence-electron chi connectivity index (χ2n) is 5.23. The summed E-state index contributed by atoms with van der Waals surface area (Å²) in [6, 6.07) is 1.60. The predicted octanol–water partition coefficient (Wildman–Crippen LogP) is 4.02. The van der Waals surface area contributed by atoms with Crippen molar-refractivity contribution in [1.29, 1.82) is 0 Å². The molecular weight excluding hydrogens is 266 g/mol. The van der Waals surface area contributed by atoms with E-state index in [4.69, 9.17) is 11.6 Å². The highest BCUT2D eigenvalue weighted by Crippen LogP contribution is 2.29. The molecule has 1 aliphatic carbocycles. The molecule has 6 heteroatoms. The Morgan fingerprint density at radius 1 is 1.42 bits per heavy atom. The molecule has 5 nitrogen and oxygen atoms in total. The average Bonchev–Trinajstić information content (AvgIpc) is 2.56. The molecule has 0 bridgehead atoms. The van der Waals surface area contributed by atoms with Crippen LogP contribution in [0.25, 0.3) is 0 Å². The van der Waals surface area contributed by atoms with Crippen molar-refractivity contribution in [3.63, 3.8) is 0 Å². The minimum Gasteiger partial charge on any atom is -0.362 e. The van der Waals surface area contributed by atoms with Crippen molar-refractivity contribution in [3.05, 3.63) is 27.4 Å². The SMILES string of the molecule is CC1CCCC(Nc2ncc(Cl)cc2[N+](=O)[O-])CC1. The van der Waals surface area contributed by atoms with Gasteiger partial charge in [0.2, 0.25) is 5.82 Å². The Bertz CT molecular complexity index is 467. The van der Waals surface area contributed by atoms with Crippen LogP contribution in [0.1, 0.15) is 39.0 Å². The fraction of sp³-hybridized carbons (Fsp3) is 0.615. The molecule has 1 aromatic rings. The first-order chi connectivity index (χ1) is 9.06. The number of nitrogens with one attached hydrogen (secondary N) is 1. The molecule has 0 radical (unpaired) electrons. The van der Waals surface area contributed by atoms with Crippen LogP contribution >= 0.6 is 11.6 Å². The summed E-state index contributed by atoms with van der Waals surface area (Å²) in [5.41, 5.74) is -0.0511. The molecular formula is C13H18ClN3O2. The van der Waals surface area contributed by atoms with Gasteiger partial charge >= 0.3 is 5.69 Å². The minimum absolute atomic E-state index is 0.0511. The minimum atomic E-state index is -0.444. The van der Waals surface area contributed by atoms with E-state index >= 15 is 0 Å². The molecule has 0 spiro atoms. The number of hydrogen-bond donors (Lipinski definition) is 1. The van der Waals surface area contributed by atoms with Gasteiger partial charge < -0.3 is 5.32 Å². The van der Waals surface area contributed by atoms with Crippen LogP contribution in [0.15, 0.2) is 12.3 Å². The standard InChI is InChI=1S/C13H18ClN3O2/c1-9-3-2-4-11(6-5-9)16-13-12(17(18)19)7-10(14)8-15-13/h7-9,11H,2-6H2,1H3,(H,15,16). The highest BCUT2D eigenvalue weighted by molar-refractivity contribution is 6.30. The first kappa shape index (κ1) is 14.1. The van der Waals surface area contributed by atoms with E-state index in [1.54, 1.807) is 0 Å². The van der Waals surface area contributed by atoms with E-state index in [9.17, 15) is 10.1 Å². The van der Waals surface area contributed by atoms with Crippen molar-refractivity contribution in [3.8, 4) is 0 Å². The van der Waals surface area contributed by atoms with Crippen LogP contribution in [0.4, 0.5) is 11.5 Å². The summed E-state index contributed by atoms with van der Waals surface area (Å²) in [5, 5.41) is 14.5. The lowest BCUT2D eigenvalue weighted by molar-refractivity contribution is -0.384. The third-order valence-corrected chi connectivity index (χ3v) is 3.84. The van der Waals surface area contributed by atoms with E-state index in [1.807, 2.05) is 0 Å². The van der Waals surface area contributed by atoms with E-state index in [-0.39, 0.29) is 16.8 Å². The number of nitrogens with zero attached hydrogens (tertiary/aromatic N) is 2. The number of rotatable bonds is 3. The third-order valence-electron chi connectivity index (χ3n) is 3.63. The summed E-state index contributed by atoms with van der Waals surface area (Å²) >= 11 is 5.75. The van der Waals surface area contributed by atoms with Gasteiger partial charge in [-0.15, -0.1) is 0 Å². The smallest absolute Gasteiger partial charge is 0.312 e. The van der Waals surface area contributed by atoms with Crippen LogP contribution in [-0.4, -0.2) is 15.9 Å². The lowest BCUT2D eigenvalue weighted by atomic mass is 10.0. The van der Waals surface area contributed by atoms with Crippen molar-refractivity contribution in [2.75, 3.05) is 5.32 Å². The largest absolute Gasteiger partial charge is 0.362 e. The molecule has 1 fully saturated rings. The van der Waals surface area contributed by atoms with Crippen molar-refractivity contribution in [2.24, 2.45) is 5.92 Å². The molecule has 2 unspecified atom stereocenters. The Balaban J connectivity index is 2.12. The highest BCUT2D eigenvalue weighted by Gasteiger charge is 2.21. The number of aromatic nitrogens is 1. The molecule has 1 aliphatic rings. The summed E-state index contributed by atoms with van der Waals surface area (Å²) in [7, 11) is 0. The second-order valence-corrected chi connectivity index (χ2v) is 5.67. The van der Waals surface area contributed by atoms with Gasteiger partial charge in [-0.1, -0.05) is 31.4 Å². The molecule has 1 heterocycles. The molecule has 1 saturated carbocycles. The zero-order valence-electron chi connectivity index (χ0n) is 10.9. The summed E-state index contributed by atoms with van der Waals surface area (Å²) in [5.74, 6) is 1.06. The molecule has 0 amide bonds. The van der Waals surface area contributed by atoms with E-state index in [2.05, 4.69) is 17.2 Å². The van der Waals surface area contributed by atoms with Gasteiger partial charge in [-0.05, 0) is 25.2 Å². The predicted molar refractivity (Wildman–Crippen MR) is 75.6 cm³/mol. The zero-order valence-corrected chi connectivity index (χ0v) is 11.7. The van der Waals surface area contributed by atoms with E-state index in [1.165, 1.54) is 18.7 Å². The van der Waals surface area contributed by atoms with Gasteiger partial charge in [-0.3, -0.25) is 10.1 Å². The van der Waals surface area contributed by atoms with Crippen LogP contribution in [0.2, 0.25) is 5.02 Å². The molecule has 0 saturated heterocycles. The quantitative estimate of drug-likeness (QED) is 0.517. The molecule has 2 atom stereocenters. The maximum Gasteiger partial charge on any atom is 0.312 e. The summed E-state index contributed by atoms with van der Waals surface area (Å²) in [4.78, 5) is 14.6. The van der Waals surface area contributed by atoms with Gasteiger partial charge in [0.15, 0.2) is 0 Å². The van der Waals surface area contributed by atoms with E-state index in [0.717, 1.165) is 31.6 Å². The maximum atomic E-state index is 11.0. The summed E-state index contributed by atoms with van der Waals surface area (Å²) in [6.45, 7) is 2.26. The number of halogens is 1. The number of anilines is 1. The first-order valence-electron chi connectivity index (χ1n) is 6.62. The Morgan fingerprint density at radius 2 is 2.21 bits per heavy atom. The van der Waals surface area contributed by atoms with Crippen LogP contribution in [0.3, 0.4) is 0 Å². The number of hydrogen-bond acceptors (Lipinski definition) is 4. The molecule has 0 aromatic carbocycles. The van der Waals surface area contributed by atoms with Crippen molar-refractivity contribution < 1.29 is 4.92 Å². The van der Waals surface area contributed by atoms with Crippen LogP contribution < -0.4 is 5.32 Å². The van der Waals surface area contributed by atoms with Crippen LogP contribution in [0, 0.1) is 16.0 Å². The lowest BCUT2D eigenvalue weighted by Gasteiger charge is -2.16. The van der Waals surface area contributed by atoms with E-state index < -0.39 is 4.92 Å². The summed E-state index contributed by atoms with van der Waals surface area (Å²) < 4.78 is 0. The van der Waals surface area contributed by atoms with Gasteiger partial charge in [0.05, 0.1) is 9.95 Å². The highest BCUT2D eigenvalue weighted by atomic mass is 35.5. The topological polar surface area (TPSA) is 68.1 Å². The molecule has 1 N–H and O–H groups in total. The van der Waals surface area contributed by atoms with Gasteiger partial charge in [0.1, 0.15) is 0 Å². The lowest BCUT2D eigenvalue weighted by Crippen LogP contribution is -2.20. The zero-order chi connectivity index (χ0) is 13.8. The van der Waals surface area contributed by atoms with Gasteiger partial charge in [0, 0.05) is 18.3 Å². The van der Waals surface area contributed by atoms with Crippen molar-refractivity contribution >= 4 is 23.1 Å². The monoisotopic (exact) mass is 283 g/mol. The number of pyridine rings is 1. The molecule has 2 rings (SSSR count). The van der Waals surface area contributed by atoms with Crippen LogP contribution in [-0.2, 0) is 0 Å². The second kappa shape index (κ2) is 6.19. The molecule has 19 heavy (non-hydrogen) atoms. The Labute approximate surface area is 117 Å². The summed E-state index contributed by atoms with van der Waals surface area (Å²) in [6.07, 6.45) is 7.04. The Morgan fingerprint density at radius 3 is 2.95 bits per heavy atom. The van der Waals surface area contributed by atoms with Crippen molar-refractivity contribution in [1.82, 2.24) is 4.98 Å². The van der Waals surface area contributed by atoms with Crippen molar-refractivity contribution in [2.45, 2.75) is 45.1 Å². The van der Waals surface area contributed by atoms with Crippen LogP contribution in [0.5, 0.6) is 0 Å². The van der Waals surface area contributed by atoms with E-state index in [0.29, 0.717) is 5.82 Å². The van der Waals surface area contributed by atoms with Gasteiger partial charge in [-0.25, -0.2) is 4.98 Å². The third kappa shape index (κ3) is 3.80. The maximum absolute atomic E-state index is 11.0. The fourth-order valence-corrected chi connectivity index (χ4v) is 2.66. The number of nitro groups is 1. The van der Waals surface area contributed by atoms with Gasteiger partial charge in [0.25, 0.3) is 0 Å². The fourth-order valence-electron chi connectivity index (χ4n) is 2.50. The average molecular weight is 284 g/mol. The normalized spacial score (nSPS) is 23.7. The molecule has 0 aliphatic heterocycles.